The van der Waals surface area contributed by atoms with E-state index in [9.17, 15) is 14.7 Å². The lowest BCUT2D eigenvalue weighted by Crippen LogP contribution is -2.40. The van der Waals surface area contributed by atoms with Crippen molar-refractivity contribution in [3.63, 3.8) is 0 Å². The molecule has 0 spiro atoms. The van der Waals surface area contributed by atoms with E-state index in [4.69, 9.17) is 5.73 Å². The van der Waals surface area contributed by atoms with Crippen LogP contribution in [0, 0.1) is 5.92 Å². The maximum atomic E-state index is 12.6. The van der Waals surface area contributed by atoms with Gasteiger partial charge in [0.15, 0.2) is 0 Å². The van der Waals surface area contributed by atoms with Crippen LogP contribution in [0.2, 0.25) is 0 Å². The fraction of sp³-hybridized carbons (Fsp3) is 0.471. The van der Waals surface area contributed by atoms with Gasteiger partial charge in [0.1, 0.15) is 5.82 Å². The fourth-order valence-electron chi connectivity index (χ4n) is 3.30. The second-order valence-corrected chi connectivity index (χ2v) is 6.26. The first-order chi connectivity index (χ1) is 11.6. The molecule has 0 saturated carbocycles. The fourth-order valence-corrected chi connectivity index (χ4v) is 3.30. The Balaban J connectivity index is 1.75. The normalized spacial score (nSPS) is 21.8. The zero-order chi connectivity index (χ0) is 17.1. The minimum absolute atomic E-state index is 0.0141. The predicted octanol–water partition coefficient (Wildman–Crippen LogP) is 0.156. The van der Waals surface area contributed by atoms with Crippen molar-refractivity contribution in [3.8, 4) is 0 Å². The van der Waals surface area contributed by atoms with Gasteiger partial charge in [-0.3, -0.25) is 9.59 Å². The summed E-state index contributed by atoms with van der Waals surface area (Å²) in [6.07, 6.45) is 6.47. The Hall–Kier alpha value is -2.41. The molecule has 0 unspecified atom stereocenters. The number of nitrogens with two attached hydrogens (primary N) is 1. The van der Waals surface area contributed by atoms with Crippen molar-refractivity contribution in [1.29, 1.82) is 0 Å². The average molecular weight is 330 g/mol. The van der Waals surface area contributed by atoms with Gasteiger partial charge < -0.3 is 20.6 Å². The van der Waals surface area contributed by atoms with E-state index in [-0.39, 0.29) is 11.8 Å². The van der Waals surface area contributed by atoms with E-state index in [0.717, 1.165) is 12.8 Å². The summed E-state index contributed by atoms with van der Waals surface area (Å²) in [6, 6.07) is 3.27. The third kappa shape index (κ3) is 3.41. The molecular weight excluding hydrogens is 308 g/mol. The number of hydrogen-bond donors (Lipinski definition) is 2. The molecule has 0 bridgehead atoms. The van der Waals surface area contributed by atoms with Gasteiger partial charge in [0.05, 0.1) is 11.7 Å². The summed E-state index contributed by atoms with van der Waals surface area (Å²) in [6.45, 7) is 1.59. The molecule has 1 atom stereocenters. The average Bonchev–Trinajstić information content (AvgIpc) is 3.04. The number of nitrogens with zero attached hydrogens (tertiary/aromatic N) is 3. The minimum Gasteiger partial charge on any atom is -0.389 e. The number of primary amides is 1. The van der Waals surface area contributed by atoms with Crippen LogP contribution >= 0.6 is 0 Å². The molecule has 24 heavy (non-hydrogen) atoms. The number of hydrogen-bond acceptors (Lipinski definition) is 5. The maximum Gasteiger partial charge on any atom is 0.252 e. The van der Waals surface area contributed by atoms with Crippen molar-refractivity contribution in [1.82, 2.24) is 9.88 Å². The van der Waals surface area contributed by atoms with Gasteiger partial charge in [0, 0.05) is 38.3 Å². The second kappa shape index (κ2) is 7.00. The summed E-state index contributed by atoms with van der Waals surface area (Å²) in [5.74, 6) is -0.0282. The molecule has 1 saturated heterocycles. The number of aliphatic hydroxyl groups excluding tert-OH is 1. The van der Waals surface area contributed by atoms with Crippen molar-refractivity contribution in [2.75, 3.05) is 31.1 Å². The molecule has 2 aliphatic rings. The van der Waals surface area contributed by atoms with Gasteiger partial charge in [-0.05, 0) is 25.0 Å². The van der Waals surface area contributed by atoms with E-state index >= 15 is 0 Å². The number of aromatic nitrogens is 1. The summed E-state index contributed by atoms with van der Waals surface area (Å²) in [5.41, 5.74) is 5.74. The molecule has 0 aromatic carbocycles. The molecule has 1 aromatic heterocycles. The monoisotopic (exact) mass is 330 g/mol. The van der Waals surface area contributed by atoms with Gasteiger partial charge in [-0.2, -0.15) is 0 Å². The van der Waals surface area contributed by atoms with E-state index in [1.165, 1.54) is 0 Å². The molecule has 2 heterocycles. The number of pyridine rings is 1. The number of aliphatic hydroxyl groups is 1. The Morgan fingerprint density at radius 3 is 2.67 bits per heavy atom. The molecule has 3 N–H and O–H groups in total. The SMILES string of the molecule is NC(=O)c1cccnc1N1CCN(C(=O)C2CC=CC2)C[C@@H](O)C1. The van der Waals surface area contributed by atoms with Crippen molar-refractivity contribution >= 4 is 17.6 Å². The van der Waals surface area contributed by atoms with E-state index in [0.29, 0.717) is 37.6 Å². The molecule has 0 radical (unpaired) electrons. The molecule has 7 heteroatoms. The Labute approximate surface area is 140 Å². The van der Waals surface area contributed by atoms with Crippen LogP contribution in [0.25, 0.3) is 0 Å². The van der Waals surface area contributed by atoms with Crippen molar-refractivity contribution in [2.24, 2.45) is 11.7 Å². The third-order valence-corrected chi connectivity index (χ3v) is 4.52. The maximum absolute atomic E-state index is 12.6. The first-order valence-electron chi connectivity index (χ1n) is 8.18. The number of β-amino-alcohol motifs (C(OH)–C–C–N with tert-alkyl or cyclic N) is 1. The number of carbonyl (C=O) groups excluding carboxylic acids is 2. The van der Waals surface area contributed by atoms with Gasteiger partial charge in [0.2, 0.25) is 5.91 Å². The quantitative estimate of drug-likeness (QED) is 0.769. The van der Waals surface area contributed by atoms with Gasteiger partial charge in [0.25, 0.3) is 5.91 Å². The number of amides is 2. The highest BCUT2D eigenvalue weighted by Crippen LogP contribution is 2.23. The summed E-state index contributed by atoms with van der Waals surface area (Å²) >= 11 is 0. The summed E-state index contributed by atoms with van der Waals surface area (Å²) in [5, 5.41) is 10.3. The predicted molar refractivity (Wildman–Crippen MR) is 89.4 cm³/mol. The van der Waals surface area contributed by atoms with Crippen LogP contribution in [0.3, 0.4) is 0 Å². The summed E-state index contributed by atoms with van der Waals surface area (Å²) in [7, 11) is 0. The van der Waals surface area contributed by atoms with Crippen LogP contribution in [-0.4, -0.2) is 59.1 Å². The zero-order valence-corrected chi connectivity index (χ0v) is 13.5. The lowest BCUT2D eigenvalue weighted by molar-refractivity contribution is -0.136. The second-order valence-electron chi connectivity index (χ2n) is 6.26. The Kier molecular flexibility index (Phi) is 4.80. The van der Waals surface area contributed by atoms with Crippen molar-refractivity contribution in [3.05, 3.63) is 36.0 Å². The molecule has 128 valence electrons. The van der Waals surface area contributed by atoms with E-state index in [1.807, 2.05) is 17.1 Å². The molecule has 3 rings (SSSR count). The Morgan fingerprint density at radius 2 is 1.96 bits per heavy atom. The van der Waals surface area contributed by atoms with Crippen molar-refractivity contribution < 1.29 is 14.7 Å². The largest absolute Gasteiger partial charge is 0.389 e. The lowest BCUT2D eigenvalue weighted by atomic mass is 10.1. The number of rotatable bonds is 3. The molecule has 1 fully saturated rings. The van der Waals surface area contributed by atoms with E-state index < -0.39 is 12.0 Å². The van der Waals surface area contributed by atoms with Crippen LogP contribution in [0.5, 0.6) is 0 Å². The molecular formula is C17H22N4O3. The minimum atomic E-state index is -0.700. The molecule has 2 amide bonds. The van der Waals surface area contributed by atoms with Gasteiger partial charge in [-0.1, -0.05) is 12.2 Å². The Bertz CT molecular complexity index is 653. The molecule has 1 aliphatic heterocycles. The Morgan fingerprint density at radius 1 is 1.21 bits per heavy atom. The summed E-state index contributed by atoms with van der Waals surface area (Å²) in [4.78, 5) is 32.0. The highest BCUT2D eigenvalue weighted by molar-refractivity contribution is 5.97. The number of allylic oxidation sites excluding steroid dienone is 2. The van der Waals surface area contributed by atoms with Crippen molar-refractivity contribution in [2.45, 2.75) is 18.9 Å². The van der Waals surface area contributed by atoms with Gasteiger partial charge in [-0.25, -0.2) is 4.98 Å². The summed E-state index contributed by atoms with van der Waals surface area (Å²) < 4.78 is 0. The van der Waals surface area contributed by atoms with Crippen LogP contribution < -0.4 is 10.6 Å². The van der Waals surface area contributed by atoms with Crippen LogP contribution in [0.15, 0.2) is 30.5 Å². The highest BCUT2D eigenvalue weighted by Gasteiger charge is 2.30. The van der Waals surface area contributed by atoms with E-state index in [2.05, 4.69) is 4.98 Å². The van der Waals surface area contributed by atoms with Crippen LogP contribution in [-0.2, 0) is 4.79 Å². The number of anilines is 1. The lowest BCUT2D eigenvalue weighted by Gasteiger charge is -2.25. The van der Waals surface area contributed by atoms with Crippen LogP contribution in [0.4, 0.5) is 5.82 Å². The smallest absolute Gasteiger partial charge is 0.252 e. The molecule has 7 nitrogen and oxygen atoms in total. The standard InChI is InChI=1S/C17H22N4O3/c18-15(23)14-6-3-7-19-16(14)20-8-9-21(11-13(22)10-20)17(24)12-4-1-2-5-12/h1-3,6-7,12-13,22H,4-5,8-11H2,(H2,18,23)/t13-/m0/s1. The highest BCUT2D eigenvalue weighted by atomic mass is 16.3. The first kappa shape index (κ1) is 16.4. The van der Waals surface area contributed by atoms with Crippen LogP contribution in [0.1, 0.15) is 23.2 Å². The van der Waals surface area contributed by atoms with Gasteiger partial charge >= 0.3 is 0 Å². The topological polar surface area (TPSA) is 99.8 Å². The molecule has 1 aliphatic carbocycles. The third-order valence-electron chi connectivity index (χ3n) is 4.52. The molecule has 1 aromatic rings. The van der Waals surface area contributed by atoms with Gasteiger partial charge in [-0.15, -0.1) is 0 Å². The zero-order valence-electron chi connectivity index (χ0n) is 13.5. The van der Waals surface area contributed by atoms with E-state index in [1.54, 1.807) is 23.2 Å². The first-order valence-corrected chi connectivity index (χ1v) is 8.18. The number of carbonyl (C=O) groups is 2.